The average molecular weight is 490 g/mol. The van der Waals surface area contributed by atoms with Gasteiger partial charge in [0.2, 0.25) is 0 Å². The molecule has 0 aromatic heterocycles. The fourth-order valence-corrected chi connectivity index (χ4v) is 3.55. The van der Waals surface area contributed by atoms with Gasteiger partial charge >= 0.3 is 5.97 Å². The van der Waals surface area contributed by atoms with Crippen molar-refractivity contribution in [3.8, 4) is 17.2 Å². The zero-order valence-electron chi connectivity index (χ0n) is 21.1. The lowest BCUT2D eigenvalue weighted by Crippen LogP contribution is -2.09. The third-order valence-electron chi connectivity index (χ3n) is 5.50. The molecule has 3 aromatic carbocycles. The van der Waals surface area contributed by atoms with Crippen molar-refractivity contribution in [1.82, 2.24) is 0 Å². The first-order valence-electron chi connectivity index (χ1n) is 12.3. The highest BCUT2D eigenvalue weighted by Crippen LogP contribution is 2.31. The molecule has 0 aliphatic rings. The Bertz CT molecular complexity index is 1110. The monoisotopic (exact) mass is 489 g/mol. The highest BCUT2D eigenvalue weighted by Gasteiger charge is 2.13. The first-order valence-corrected chi connectivity index (χ1v) is 12.3. The minimum Gasteiger partial charge on any atom is -0.493 e. The second kappa shape index (κ2) is 14.5. The maximum atomic E-state index is 12.6. The van der Waals surface area contributed by atoms with Crippen molar-refractivity contribution in [2.24, 2.45) is 0 Å². The van der Waals surface area contributed by atoms with Crippen molar-refractivity contribution in [1.29, 1.82) is 0 Å². The smallest absolute Gasteiger partial charge is 0.338 e. The van der Waals surface area contributed by atoms with Crippen molar-refractivity contribution < 1.29 is 23.7 Å². The second-order valence-electron chi connectivity index (χ2n) is 8.27. The first kappa shape index (κ1) is 26.7. The van der Waals surface area contributed by atoms with Crippen molar-refractivity contribution in [2.75, 3.05) is 25.6 Å². The second-order valence-corrected chi connectivity index (χ2v) is 8.27. The molecular formula is C30H35NO5. The molecule has 1 N–H and O–H groups in total. The number of esters is 1. The first-order chi connectivity index (χ1) is 17.6. The normalized spacial score (nSPS) is 10.4. The summed E-state index contributed by atoms with van der Waals surface area (Å²) < 4.78 is 22.7. The van der Waals surface area contributed by atoms with Gasteiger partial charge in [0.25, 0.3) is 0 Å². The number of unbranched alkanes of at least 4 members (excludes halogenated alkanes) is 2. The minimum absolute atomic E-state index is 0.318. The SMILES string of the molecule is C=CCOc1ccc(COc2ccc(C(=O)OCCCCC)cc2NCc2ccccc2)cc1OC. The van der Waals surface area contributed by atoms with Crippen LogP contribution in [0.15, 0.2) is 79.4 Å². The zero-order chi connectivity index (χ0) is 25.6. The van der Waals surface area contributed by atoms with E-state index in [-0.39, 0.29) is 5.97 Å². The van der Waals surface area contributed by atoms with E-state index in [1.807, 2.05) is 48.5 Å². The number of nitrogens with one attached hydrogen (secondary N) is 1. The van der Waals surface area contributed by atoms with E-state index in [1.165, 1.54) is 0 Å². The molecule has 0 fully saturated rings. The quantitative estimate of drug-likeness (QED) is 0.144. The molecule has 6 heteroatoms. The van der Waals surface area contributed by atoms with Gasteiger partial charge in [0.15, 0.2) is 11.5 Å². The Labute approximate surface area is 213 Å². The Kier molecular flexibility index (Phi) is 10.7. The van der Waals surface area contributed by atoms with Gasteiger partial charge in [-0.1, -0.05) is 68.8 Å². The summed E-state index contributed by atoms with van der Waals surface area (Å²) in [6, 6.07) is 21.0. The van der Waals surface area contributed by atoms with Gasteiger partial charge in [-0.25, -0.2) is 4.79 Å². The van der Waals surface area contributed by atoms with E-state index in [1.54, 1.807) is 31.4 Å². The molecule has 0 heterocycles. The summed E-state index contributed by atoms with van der Waals surface area (Å²) in [5.74, 6) is 1.58. The van der Waals surface area contributed by atoms with E-state index in [4.69, 9.17) is 18.9 Å². The highest BCUT2D eigenvalue weighted by molar-refractivity contribution is 5.91. The van der Waals surface area contributed by atoms with E-state index >= 15 is 0 Å². The molecule has 0 aliphatic carbocycles. The van der Waals surface area contributed by atoms with Gasteiger partial charge in [0, 0.05) is 6.54 Å². The lowest BCUT2D eigenvalue weighted by molar-refractivity contribution is 0.0498. The lowest BCUT2D eigenvalue weighted by atomic mass is 10.1. The zero-order valence-corrected chi connectivity index (χ0v) is 21.1. The molecule has 3 aromatic rings. The van der Waals surface area contributed by atoms with Crippen molar-refractivity contribution in [3.05, 3.63) is 96.1 Å². The highest BCUT2D eigenvalue weighted by atomic mass is 16.5. The van der Waals surface area contributed by atoms with Crippen LogP contribution in [0.3, 0.4) is 0 Å². The number of ether oxygens (including phenoxy) is 4. The molecule has 0 unspecified atom stereocenters. The molecule has 0 amide bonds. The van der Waals surface area contributed by atoms with Gasteiger partial charge in [-0.3, -0.25) is 0 Å². The molecule has 3 rings (SSSR count). The Morgan fingerprint density at radius 3 is 2.47 bits per heavy atom. The molecular weight excluding hydrogens is 454 g/mol. The summed E-state index contributed by atoms with van der Waals surface area (Å²) in [6.45, 7) is 7.52. The number of carbonyl (C=O) groups is 1. The number of rotatable bonds is 15. The maximum Gasteiger partial charge on any atom is 0.338 e. The number of hydrogen-bond acceptors (Lipinski definition) is 6. The molecule has 0 spiro atoms. The van der Waals surface area contributed by atoms with Crippen molar-refractivity contribution >= 4 is 11.7 Å². The van der Waals surface area contributed by atoms with Crippen molar-refractivity contribution in [2.45, 2.75) is 39.3 Å². The van der Waals surface area contributed by atoms with Crippen LogP contribution in [0.2, 0.25) is 0 Å². The van der Waals surface area contributed by atoms with Gasteiger partial charge in [0.1, 0.15) is 19.0 Å². The van der Waals surface area contributed by atoms with Crippen LogP contribution in [0.25, 0.3) is 0 Å². The summed E-state index contributed by atoms with van der Waals surface area (Å²) in [5, 5.41) is 3.41. The van der Waals surface area contributed by atoms with Gasteiger partial charge in [0.05, 0.1) is 25.0 Å². The summed E-state index contributed by atoms with van der Waals surface area (Å²) in [7, 11) is 1.60. The summed E-state index contributed by atoms with van der Waals surface area (Å²) in [4.78, 5) is 12.6. The van der Waals surface area contributed by atoms with E-state index in [0.29, 0.717) is 49.2 Å². The number of methoxy groups -OCH3 is 1. The summed E-state index contributed by atoms with van der Waals surface area (Å²) in [6.07, 6.45) is 4.66. The molecule has 36 heavy (non-hydrogen) atoms. The number of anilines is 1. The molecule has 0 radical (unpaired) electrons. The average Bonchev–Trinajstić information content (AvgIpc) is 2.92. The van der Waals surface area contributed by atoms with Crippen molar-refractivity contribution in [3.63, 3.8) is 0 Å². The molecule has 190 valence electrons. The Hall–Kier alpha value is -3.93. The van der Waals surface area contributed by atoms with Gasteiger partial charge in [-0.05, 0) is 47.9 Å². The van der Waals surface area contributed by atoms with Gasteiger partial charge in [-0.15, -0.1) is 0 Å². The molecule has 0 saturated heterocycles. The largest absolute Gasteiger partial charge is 0.493 e. The maximum absolute atomic E-state index is 12.6. The predicted octanol–water partition coefficient (Wildman–Crippen LogP) is 6.80. The van der Waals surface area contributed by atoms with Crippen LogP contribution < -0.4 is 19.5 Å². The fraction of sp³-hybridized carbons (Fsp3) is 0.300. The predicted molar refractivity (Wildman–Crippen MR) is 143 cm³/mol. The van der Waals surface area contributed by atoms with E-state index < -0.39 is 0 Å². The van der Waals surface area contributed by atoms with Crippen LogP contribution in [-0.4, -0.2) is 26.3 Å². The standard InChI is InChI=1S/C30H35NO5/c1-4-6-10-18-35-30(32)25-14-16-27(26(20-25)31-21-23-11-8-7-9-12-23)36-22-24-13-15-28(34-17-5-2)29(19-24)33-3/h5,7-9,11-16,19-20,31H,2,4,6,10,17-18,21-22H2,1,3H3. The van der Waals surface area contributed by atoms with Crippen LogP contribution in [0, 0.1) is 0 Å². The molecule has 6 nitrogen and oxygen atoms in total. The topological polar surface area (TPSA) is 66.0 Å². The van der Waals surface area contributed by atoms with Crippen LogP contribution in [0.4, 0.5) is 5.69 Å². The number of carbonyl (C=O) groups excluding carboxylic acids is 1. The van der Waals surface area contributed by atoms with Crippen LogP contribution in [0.5, 0.6) is 17.2 Å². The molecule has 0 saturated carbocycles. The van der Waals surface area contributed by atoms with E-state index in [2.05, 4.69) is 18.8 Å². The third-order valence-corrected chi connectivity index (χ3v) is 5.50. The molecule has 0 aliphatic heterocycles. The van der Waals surface area contributed by atoms with Crippen LogP contribution in [-0.2, 0) is 17.9 Å². The molecule has 0 atom stereocenters. The Morgan fingerprint density at radius 2 is 1.72 bits per heavy atom. The lowest BCUT2D eigenvalue weighted by Gasteiger charge is -2.16. The summed E-state index contributed by atoms with van der Waals surface area (Å²) >= 11 is 0. The van der Waals surface area contributed by atoms with E-state index in [9.17, 15) is 4.79 Å². The molecule has 0 bridgehead atoms. The Balaban J connectivity index is 1.74. The van der Waals surface area contributed by atoms with Crippen LogP contribution in [0.1, 0.15) is 47.7 Å². The van der Waals surface area contributed by atoms with Gasteiger partial charge < -0.3 is 24.3 Å². The van der Waals surface area contributed by atoms with E-state index in [0.717, 1.165) is 36.1 Å². The summed E-state index contributed by atoms with van der Waals surface area (Å²) in [5.41, 5.74) is 3.25. The minimum atomic E-state index is -0.333. The van der Waals surface area contributed by atoms with Crippen LogP contribution >= 0.6 is 0 Å². The fourth-order valence-electron chi connectivity index (χ4n) is 3.55. The number of benzene rings is 3. The number of hydrogen-bond donors (Lipinski definition) is 1. The van der Waals surface area contributed by atoms with Gasteiger partial charge in [-0.2, -0.15) is 0 Å². The Morgan fingerprint density at radius 1 is 0.917 bits per heavy atom. The third kappa shape index (κ3) is 8.08.